The SMILES string of the molecule is CC.CCC(C)c1ccc(N2CCOCC2)c(CCN(C)C)n1.Cc1ccc(C2CCOC2)c(CNCC2CC2)n1. The van der Waals surface area contributed by atoms with Gasteiger partial charge >= 0.3 is 0 Å². The summed E-state index contributed by atoms with van der Waals surface area (Å²) in [7, 11) is 4.24. The highest BCUT2D eigenvalue weighted by Crippen LogP contribution is 2.29. The van der Waals surface area contributed by atoms with E-state index in [0.29, 0.717) is 11.8 Å². The second kappa shape index (κ2) is 17.8. The monoisotopic (exact) mass is 567 g/mol. The minimum absolute atomic E-state index is 0.529. The van der Waals surface area contributed by atoms with Gasteiger partial charge in [-0.05, 0) is 88.8 Å². The first-order chi connectivity index (χ1) is 19.9. The van der Waals surface area contributed by atoms with Crippen LogP contribution in [0.25, 0.3) is 0 Å². The van der Waals surface area contributed by atoms with E-state index >= 15 is 0 Å². The molecule has 3 fully saturated rings. The molecule has 0 bridgehead atoms. The number of anilines is 1. The predicted molar refractivity (Wildman–Crippen MR) is 171 cm³/mol. The van der Waals surface area contributed by atoms with Crippen LogP contribution in [0.3, 0.4) is 0 Å². The molecule has 2 aromatic heterocycles. The van der Waals surface area contributed by atoms with Gasteiger partial charge in [0.05, 0.1) is 36.9 Å². The van der Waals surface area contributed by atoms with E-state index in [2.05, 4.69) is 74.2 Å². The molecule has 1 aliphatic carbocycles. The van der Waals surface area contributed by atoms with Crippen molar-refractivity contribution in [2.24, 2.45) is 5.92 Å². The first-order valence-corrected chi connectivity index (χ1v) is 16.2. The molecule has 2 aliphatic heterocycles. The highest BCUT2D eigenvalue weighted by molar-refractivity contribution is 5.52. The summed E-state index contributed by atoms with van der Waals surface area (Å²) in [5.41, 5.74) is 7.49. The number of nitrogens with one attached hydrogen (secondary N) is 1. The van der Waals surface area contributed by atoms with Gasteiger partial charge in [-0.2, -0.15) is 0 Å². The second-order valence-electron chi connectivity index (χ2n) is 11.8. The molecule has 7 nitrogen and oxygen atoms in total. The van der Waals surface area contributed by atoms with Gasteiger partial charge < -0.3 is 24.6 Å². The predicted octanol–water partition coefficient (Wildman–Crippen LogP) is 5.96. The van der Waals surface area contributed by atoms with Crippen LogP contribution in [-0.2, 0) is 22.4 Å². The molecule has 2 unspecified atom stereocenters. The van der Waals surface area contributed by atoms with Crippen molar-refractivity contribution in [1.29, 1.82) is 0 Å². The van der Waals surface area contributed by atoms with Crippen LogP contribution in [0, 0.1) is 12.8 Å². The summed E-state index contributed by atoms with van der Waals surface area (Å²) in [5.74, 6) is 2.01. The van der Waals surface area contributed by atoms with E-state index < -0.39 is 0 Å². The lowest BCUT2D eigenvalue weighted by atomic mass is 9.96. The first kappa shape index (κ1) is 33.4. The van der Waals surface area contributed by atoms with Gasteiger partial charge in [-0.3, -0.25) is 9.97 Å². The lowest BCUT2D eigenvalue weighted by Crippen LogP contribution is -2.37. The highest BCUT2D eigenvalue weighted by atomic mass is 16.5. The summed E-state index contributed by atoms with van der Waals surface area (Å²) in [4.78, 5) is 14.3. The number of rotatable bonds is 11. The Balaban J connectivity index is 0.000000214. The van der Waals surface area contributed by atoms with Gasteiger partial charge in [0.15, 0.2) is 0 Å². The van der Waals surface area contributed by atoms with Crippen molar-refractivity contribution in [2.45, 2.75) is 85.1 Å². The molecule has 0 spiro atoms. The molecular formula is C34H57N5O2. The van der Waals surface area contributed by atoms with E-state index in [1.165, 1.54) is 41.2 Å². The number of likely N-dealkylation sites (N-methyl/N-ethyl adjacent to an activating group) is 1. The third kappa shape index (κ3) is 10.9. The number of aromatic nitrogens is 2. The van der Waals surface area contributed by atoms with E-state index in [1.807, 2.05) is 13.8 Å². The Bertz CT molecular complexity index is 1010. The van der Waals surface area contributed by atoms with Crippen LogP contribution in [0.1, 0.15) is 93.6 Å². The number of ether oxygens (including phenoxy) is 2. The molecule has 0 aromatic carbocycles. The normalized spacial score (nSPS) is 19.3. The summed E-state index contributed by atoms with van der Waals surface area (Å²) in [6.45, 7) is 19.0. The smallest absolute Gasteiger partial charge is 0.0652 e. The van der Waals surface area contributed by atoms with Crippen molar-refractivity contribution in [3.8, 4) is 0 Å². The Morgan fingerprint density at radius 2 is 1.73 bits per heavy atom. The van der Waals surface area contributed by atoms with Crippen LogP contribution in [-0.4, -0.2) is 81.6 Å². The van der Waals surface area contributed by atoms with Crippen molar-refractivity contribution in [1.82, 2.24) is 20.2 Å². The zero-order chi connectivity index (χ0) is 29.6. The Kier molecular flexibility index (Phi) is 14.5. The maximum absolute atomic E-state index is 5.50. The molecule has 4 heterocycles. The molecular weight excluding hydrogens is 510 g/mol. The molecule has 1 saturated carbocycles. The third-order valence-corrected chi connectivity index (χ3v) is 8.18. The number of morpholine rings is 1. The maximum atomic E-state index is 5.50. The summed E-state index contributed by atoms with van der Waals surface area (Å²) >= 11 is 0. The fraction of sp³-hybridized carbons (Fsp3) is 0.706. The topological polar surface area (TPSA) is 62.8 Å². The van der Waals surface area contributed by atoms with Gasteiger partial charge in [-0.1, -0.05) is 33.8 Å². The molecule has 41 heavy (non-hydrogen) atoms. The Morgan fingerprint density at radius 1 is 0.976 bits per heavy atom. The molecule has 0 amide bonds. The van der Waals surface area contributed by atoms with Crippen LogP contribution < -0.4 is 10.2 Å². The van der Waals surface area contributed by atoms with Crippen molar-refractivity contribution in [2.75, 3.05) is 71.6 Å². The van der Waals surface area contributed by atoms with Crippen molar-refractivity contribution in [3.63, 3.8) is 0 Å². The van der Waals surface area contributed by atoms with E-state index in [-0.39, 0.29) is 0 Å². The van der Waals surface area contributed by atoms with Crippen LogP contribution in [0.15, 0.2) is 24.3 Å². The van der Waals surface area contributed by atoms with Crippen molar-refractivity contribution in [3.05, 3.63) is 52.6 Å². The lowest BCUT2D eigenvalue weighted by Gasteiger charge is -2.31. The summed E-state index contributed by atoms with van der Waals surface area (Å²) in [5, 5.41) is 3.55. The third-order valence-electron chi connectivity index (χ3n) is 8.18. The Morgan fingerprint density at radius 3 is 2.37 bits per heavy atom. The molecule has 2 aromatic rings. The fourth-order valence-electron chi connectivity index (χ4n) is 5.23. The van der Waals surface area contributed by atoms with Gasteiger partial charge in [0, 0.05) is 56.5 Å². The molecule has 2 atom stereocenters. The molecule has 1 N–H and O–H groups in total. The quantitative estimate of drug-likeness (QED) is 0.360. The van der Waals surface area contributed by atoms with Gasteiger partial charge in [0.25, 0.3) is 0 Å². The van der Waals surface area contributed by atoms with Gasteiger partial charge in [0.1, 0.15) is 0 Å². The van der Waals surface area contributed by atoms with Crippen LogP contribution in [0.5, 0.6) is 0 Å². The number of nitrogens with zero attached hydrogens (tertiary/aromatic N) is 4. The zero-order valence-electron chi connectivity index (χ0n) is 27.0. The average molecular weight is 568 g/mol. The molecule has 5 rings (SSSR count). The highest BCUT2D eigenvalue weighted by Gasteiger charge is 2.23. The second-order valence-corrected chi connectivity index (χ2v) is 11.8. The molecule has 7 heteroatoms. The standard InChI is InChI=1S/C17H29N3O.C15H22N2O.C2H6/c1-5-14(2)15-6-7-17(20-10-12-21-13-11-20)16(18-15)8-9-19(3)4;1-11-2-5-14(13-6-7-18-10-13)15(17-11)9-16-8-12-3-4-12;1-2/h6-7,14H,5,8-13H2,1-4H3;2,5,12-13,16H,3-4,6-10H2,1H3;1-2H3. The molecule has 2 saturated heterocycles. The maximum Gasteiger partial charge on any atom is 0.0652 e. The van der Waals surface area contributed by atoms with Gasteiger partial charge in [0.2, 0.25) is 0 Å². The molecule has 230 valence electrons. The van der Waals surface area contributed by atoms with E-state index in [4.69, 9.17) is 19.4 Å². The Hall–Kier alpha value is -2.06. The zero-order valence-corrected chi connectivity index (χ0v) is 27.0. The summed E-state index contributed by atoms with van der Waals surface area (Å²) < 4.78 is 11.0. The van der Waals surface area contributed by atoms with E-state index in [0.717, 1.165) is 90.0 Å². The number of pyridine rings is 2. The summed E-state index contributed by atoms with van der Waals surface area (Å²) in [6, 6.07) is 8.84. The number of hydrogen-bond acceptors (Lipinski definition) is 7. The summed E-state index contributed by atoms with van der Waals surface area (Å²) in [6.07, 6.45) is 6.08. The van der Waals surface area contributed by atoms with Crippen molar-refractivity contribution < 1.29 is 9.47 Å². The van der Waals surface area contributed by atoms with Crippen LogP contribution in [0.4, 0.5) is 5.69 Å². The first-order valence-electron chi connectivity index (χ1n) is 16.2. The van der Waals surface area contributed by atoms with Gasteiger partial charge in [-0.15, -0.1) is 0 Å². The lowest BCUT2D eigenvalue weighted by molar-refractivity contribution is 0.122. The number of hydrogen-bond donors (Lipinski definition) is 1. The Labute approximate surface area is 250 Å². The number of aryl methyl sites for hydroxylation is 1. The van der Waals surface area contributed by atoms with Gasteiger partial charge in [-0.25, -0.2) is 0 Å². The minimum Gasteiger partial charge on any atom is -0.381 e. The molecule has 3 aliphatic rings. The van der Waals surface area contributed by atoms with Crippen LogP contribution in [0.2, 0.25) is 0 Å². The fourth-order valence-corrected chi connectivity index (χ4v) is 5.23. The minimum atomic E-state index is 0.529. The van der Waals surface area contributed by atoms with E-state index in [9.17, 15) is 0 Å². The van der Waals surface area contributed by atoms with Crippen LogP contribution >= 0.6 is 0 Å². The largest absolute Gasteiger partial charge is 0.381 e. The van der Waals surface area contributed by atoms with Crippen molar-refractivity contribution >= 4 is 5.69 Å². The van der Waals surface area contributed by atoms with E-state index in [1.54, 1.807) is 0 Å². The average Bonchev–Trinajstić information content (AvgIpc) is 3.67. The molecule has 0 radical (unpaired) electrons.